The van der Waals surface area contributed by atoms with E-state index >= 15 is 0 Å². The summed E-state index contributed by atoms with van der Waals surface area (Å²) >= 11 is 5.06. The molecule has 0 aromatic heterocycles. The number of ether oxygens (including phenoxy) is 1. The lowest BCUT2D eigenvalue weighted by Gasteiger charge is -2.11. The molecule has 11 heteroatoms. The van der Waals surface area contributed by atoms with Gasteiger partial charge in [-0.1, -0.05) is 13.8 Å². The number of hydrogen-bond acceptors (Lipinski definition) is 7. The van der Waals surface area contributed by atoms with Crippen LogP contribution in [0.4, 0.5) is 17.1 Å². The Morgan fingerprint density at radius 3 is 2.10 bits per heavy atom. The minimum atomic E-state index is -0.816. The molecule has 2 N–H and O–H groups in total. The minimum Gasteiger partial charge on any atom is -0.493 e. The molecule has 2 aromatic rings. The summed E-state index contributed by atoms with van der Waals surface area (Å²) in [5, 5.41) is 26.9. The van der Waals surface area contributed by atoms with Crippen molar-refractivity contribution in [3.8, 4) is 5.75 Å². The van der Waals surface area contributed by atoms with E-state index in [1.165, 1.54) is 0 Å². The summed E-state index contributed by atoms with van der Waals surface area (Å²) in [4.78, 5) is 32.5. The molecule has 0 saturated carbocycles. The fourth-order valence-electron chi connectivity index (χ4n) is 2.17. The summed E-state index contributed by atoms with van der Waals surface area (Å²) in [7, 11) is 0. The Morgan fingerprint density at radius 1 is 1.07 bits per heavy atom. The second-order valence-corrected chi connectivity index (χ2v) is 6.80. The molecule has 152 valence electrons. The summed E-state index contributed by atoms with van der Waals surface area (Å²) in [5.74, 6) is 0.259. The van der Waals surface area contributed by atoms with Gasteiger partial charge in [0.05, 0.1) is 28.1 Å². The average molecular weight is 418 g/mol. The molecule has 0 aliphatic heterocycles. The fourth-order valence-corrected chi connectivity index (χ4v) is 2.38. The van der Waals surface area contributed by atoms with Crippen LogP contribution in [-0.4, -0.2) is 27.5 Å². The van der Waals surface area contributed by atoms with Crippen molar-refractivity contribution in [1.29, 1.82) is 0 Å². The number of benzene rings is 2. The van der Waals surface area contributed by atoms with Gasteiger partial charge >= 0.3 is 0 Å². The Morgan fingerprint density at radius 2 is 1.62 bits per heavy atom. The lowest BCUT2D eigenvalue weighted by Crippen LogP contribution is -2.34. The van der Waals surface area contributed by atoms with Crippen molar-refractivity contribution in [3.63, 3.8) is 0 Å². The number of thiocarbonyl (C=S) groups is 1. The number of carbonyl (C=O) groups is 1. The summed E-state index contributed by atoms with van der Waals surface area (Å²) in [5.41, 5.74) is -0.815. The van der Waals surface area contributed by atoms with E-state index in [0.29, 0.717) is 24.0 Å². The van der Waals surface area contributed by atoms with Gasteiger partial charge in [-0.2, -0.15) is 0 Å². The Kier molecular flexibility index (Phi) is 7.15. The Bertz CT molecular complexity index is 914. The molecule has 2 rings (SSSR count). The number of carbonyl (C=O) groups excluding carboxylic acids is 1. The van der Waals surface area contributed by atoms with E-state index in [0.717, 1.165) is 18.2 Å². The average Bonchev–Trinajstić information content (AvgIpc) is 2.66. The molecule has 10 nitrogen and oxygen atoms in total. The van der Waals surface area contributed by atoms with Gasteiger partial charge in [-0.25, -0.2) is 0 Å². The number of hydrogen-bond donors (Lipinski definition) is 2. The van der Waals surface area contributed by atoms with Crippen LogP contribution in [-0.2, 0) is 0 Å². The van der Waals surface area contributed by atoms with Gasteiger partial charge in [-0.3, -0.25) is 30.3 Å². The number of rotatable bonds is 7. The zero-order chi connectivity index (χ0) is 21.6. The number of non-ortho nitro benzene ring substituents is 2. The molecule has 0 unspecified atom stereocenters. The summed E-state index contributed by atoms with van der Waals surface area (Å²) in [6.45, 7) is 4.65. The predicted octanol–water partition coefficient (Wildman–Crippen LogP) is 3.66. The van der Waals surface area contributed by atoms with E-state index in [9.17, 15) is 25.0 Å². The molecular weight excluding hydrogens is 400 g/mol. The Hall–Kier alpha value is -3.60. The van der Waals surface area contributed by atoms with Crippen molar-refractivity contribution in [2.75, 3.05) is 11.9 Å². The van der Waals surface area contributed by atoms with E-state index in [1.54, 1.807) is 24.3 Å². The van der Waals surface area contributed by atoms with Crippen molar-refractivity contribution in [2.24, 2.45) is 5.92 Å². The summed E-state index contributed by atoms with van der Waals surface area (Å²) in [6.07, 6.45) is 0. The number of amides is 1. The van der Waals surface area contributed by atoms with Crippen LogP contribution in [0.25, 0.3) is 0 Å². The number of anilines is 1. The van der Waals surface area contributed by atoms with Crippen LogP contribution in [0.1, 0.15) is 24.2 Å². The Labute approximate surface area is 171 Å². The molecule has 0 atom stereocenters. The van der Waals surface area contributed by atoms with Gasteiger partial charge in [0.25, 0.3) is 17.3 Å². The largest absolute Gasteiger partial charge is 0.493 e. The lowest BCUT2D eigenvalue weighted by molar-refractivity contribution is -0.394. The molecule has 1 amide bonds. The van der Waals surface area contributed by atoms with Crippen molar-refractivity contribution < 1.29 is 19.4 Å². The van der Waals surface area contributed by atoms with Crippen molar-refractivity contribution >= 4 is 40.3 Å². The quantitative estimate of drug-likeness (QED) is 0.395. The maximum absolute atomic E-state index is 12.3. The molecular formula is C18H18N4O6S. The summed E-state index contributed by atoms with van der Waals surface area (Å²) < 4.78 is 5.57. The highest BCUT2D eigenvalue weighted by atomic mass is 32.1. The predicted molar refractivity (Wildman–Crippen MR) is 110 cm³/mol. The van der Waals surface area contributed by atoms with Crippen molar-refractivity contribution in [1.82, 2.24) is 5.32 Å². The van der Waals surface area contributed by atoms with E-state index in [1.807, 2.05) is 13.8 Å². The van der Waals surface area contributed by atoms with Crippen LogP contribution < -0.4 is 15.4 Å². The van der Waals surface area contributed by atoms with Gasteiger partial charge in [0.1, 0.15) is 5.75 Å². The molecule has 0 aliphatic rings. The molecule has 0 aliphatic carbocycles. The SMILES string of the molecule is CC(C)COc1ccc(NC(=S)NC(=O)c2cc([N+](=O)[O-])cc([N+](=O)[O-])c2)cc1. The van der Waals surface area contributed by atoms with Crippen molar-refractivity contribution in [2.45, 2.75) is 13.8 Å². The standard InChI is InChI=1S/C18H18N4O6S/c1-11(2)10-28-16-5-3-13(4-6-16)19-18(29)20-17(23)12-7-14(21(24)25)9-15(8-12)22(26)27/h3-9,11H,10H2,1-2H3,(H2,19,20,23,29). The van der Waals surface area contributed by atoms with Crippen LogP contribution in [0, 0.1) is 26.1 Å². The minimum absolute atomic E-state index is 0.0694. The molecule has 2 aromatic carbocycles. The highest BCUT2D eigenvalue weighted by Crippen LogP contribution is 2.23. The molecule has 0 heterocycles. The number of nitrogens with one attached hydrogen (secondary N) is 2. The molecule has 0 fully saturated rings. The first kappa shape index (κ1) is 21.7. The van der Waals surface area contributed by atoms with Gasteiger partial charge in [0, 0.05) is 17.8 Å². The normalized spacial score (nSPS) is 10.3. The van der Waals surface area contributed by atoms with E-state index in [-0.39, 0.29) is 10.7 Å². The van der Waals surface area contributed by atoms with Crippen molar-refractivity contribution in [3.05, 3.63) is 68.3 Å². The van der Waals surface area contributed by atoms with Gasteiger partial charge < -0.3 is 10.1 Å². The summed E-state index contributed by atoms with van der Waals surface area (Å²) in [6, 6.07) is 9.52. The molecule has 29 heavy (non-hydrogen) atoms. The van der Waals surface area contributed by atoms with Crippen LogP contribution in [0.2, 0.25) is 0 Å². The van der Waals surface area contributed by atoms with Crippen LogP contribution in [0.5, 0.6) is 5.75 Å². The van der Waals surface area contributed by atoms with Gasteiger partial charge in [-0.15, -0.1) is 0 Å². The molecule has 0 radical (unpaired) electrons. The maximum atomic E-state index is 12.3. The van der Waals surface area contributed by atoms with E-state index < -0.39 is 27.1 Å². The maximum Gasteiger partial charge on any atom is 0.277 e. The van der Waals surface area contributed by atoms with Crippen LogP contribution in [0.15, 0.2) is 42.5 Å². The third kappa shape index (κ3) is 6.50. The topological polar surface area (TPSA) is 137 Å². The molecule has 0 saturated heterocycles. The van der Waals surface area contributed by atoms with Gasteiger partial charge in [-0.05, 0) is 42.4 Å². The smallest absolute Gasteiger partial charge is 0.277 e. The van der Waals surface area contributed by atoms with Gasteiger partial charge in [0.2, 0.25) is 0 Å². The third-order valence-electron chi connectivity index (χ3n) is 3.51. The zero-order valence-corrected chi connectivity index (χ0v) is 16.4. The number of nitrogens with zero attached hydrogens (tertiary/aromatic N) is 2. The fraction of sp³-hybridized carbons (Fsp3) is 0.222. The highest BCUT2D eigenvalue weighted by Gasteiger charge is 2.20. The zero-order valence-electron chi connectivity index (χ0n) is 15.6. The second kappa shape index (κ2) is 9.55. The first-order chi connectivity index (χ1) is 13.7. The first-order valence-electron chi connectivity index (χ1n) is 8.44. The highest BCUT2D eigenvalue weighted by molar-refractivity contribution is 7.80. The van der Waals surface area contributed by atoms with Gasteiger partial charge in [0.15, 0.2) is 5.11 Å². The van der Waals surface area contributed by atoms with Crippen LogP contribution >= 0.6 is 12.2 Å². The molecule has 0 spiro atoms. The van der Waals surface area contributed by atoms with E-state index in [2.05, 4.69) is 10.6 Å². The number of nitro benzene ring substituents is 2. The second-order valence-electron chi connectivity index (χ2n) is 6.39. The van der Waals surface area contributed by atoms with Crippen LogP contribution in [0.3, 0.4) is 0 Å². The molecule has 0 bridgehead atoms. The first-order valence-corrected chi connectivity index (χ1v) is 8.85. The lowest BCUT2D eigenvalue weighted by atomic mass is 10.1. The monoisotopic (exact) mass is 418 g/mol. The third-order valence-corrected chi connectivity index (χ3v) is 3.71. The number of nitro groups is 2. The van der Waals surface area contributed by atoms with E-state index in [4.69, 9.17) is 17.0 Å². The Balaban J connectivity index is 2.04.